The van der Waals surface area contributed by atoms with Crippen LogP contribution in [0.3, 0.4) is 0 Å². The number of benzene rings is 2. The molecule has 2 saturated heterocycles. The Morgan fingerprint density at radius 2 is 1.95 bits per heavy atom. The van der Waals surface area contributed by atoms with Gasteiger partial charge in [0.1, 0.15) is 11.4 Å². The molecule has 4 bridgehead atoms. The fraction of sp³-hybridized carbons (Fsp3) is 0.515. The van der Waals surface area contributed by atoms with Crippen LogP contribution in [-0.2, 0) is 11.8 Å². The maximum absolute atomic E-state index is 14.0. The van der Waals surface area contributed by atoms with E-state index in [1.807, 2.05) is 36.4 Å². The molecule has 9 rings (SSSR count). The lowest BCUT2D eigenvalue weighted by atomic mass is 9.43. The number of hydrogen-bond acceptors (Lipinski definition) is 4. The zero-order valence-electron chi connectivity index (χ0n) is 21.9. The Balaban J connectivity index is 1.14. The highest BCUT2D eigenvalue weighted by atomic mass is 16.3. The maximum atomic E-state index is 14.0. The Bertz CT molecular complexity index is 1500. The maximum Gasteiger partial charge on any atom is 0.272 e. The van der Waals surface area contributed by atoms with E-state index in [1.165, 1.54) is 49.8 Å². The van der Waals surface area contributed by atoms with E-state index >= 15 is 0 Å². The summed E-state index contributed by atoms with van der Waals surface area (Å²) in [6, 6.07) is 19.1. The average Bonchev–Trinajstić information content (AvgIpc) is 3.63. The number of pyridine rings is 1. The molecule has 0 radical (unpaired) electrons. The molecule has 6 atom stereocenters. The molecule has 1 N–H and O–H groups in total. The van der Waals surface area contributed by atoms with Gasteiger partial charge in [0.05, 0.1) is 5.52 Å². The number of amides is 1. The van der Waals surface area contributed by atoms with Crippen molar-refractivity contribution < 1.29 is 9.90 Å². The van der Waals surface area contributed by atoms with Crippen molar-refractivity contribution in [3.8, 4) is 5.75 Å². The number of fused-ring (bicyclic) bond motifs is 2. The highest BCUT2D eigenvalue weighted by Gasteiger charge is 2.76. The Labute approximate surface area is 223 Å². The second kappa shape index (κ2) is 7.38. The SMILES string of the molecule is O=C(c1ccc2ccccc2n1)N1C[C@H]2CC34CCC1C2C31CCN(CC2CC2)C4Cc2ccc(O)cc21. The van der Waals surface area contributed by atoms with Crippen LogP contribution in [0.1, 0.15) is 60.1 Å². The van der Waals surface area contributed by atoms with Gasteiger partial charge in [0, 0.05) is 36.0 Å². The number of para-hydroxylation sites is 1. The second-order valence-electron chi connectivity index (χ2n) is 13.3. The van der Waals surface area contributed by atoms with Crippen LogP contribution in [-0.4, -0.2) is 57.5 Å². The fourth-order valence-electron chi connectivity index (χ4n) is 10.5. The number of carbonyl (C=O) groups excluding carboxylic acids is 1. The first-order valence-corrected chi connectivity index (χ1v) is 14.8. The van der Waals surface area contributed by atoms with E-state index < -0.39 is 0 Å². The third-order valence-corrected chi connectivity index (χ3v) is 11.9. The number of aromatic hydroxyl groups is 1. The summed E-state index contributed by atoms with van der Waals surface area (Å²) < 4.78 is 0. The molecule has 1 aromatic heterocycles. The first-order valence-electron chi connectivity index (χ1n) is 14.8. The predicted molar refractivity (Wildman–Crippen MR) is 146 cm³/mol. The van der Waals surface area contributed by atoms with Gasteiger partial charge in [-0.15, -0.1) is 0 Å². The van der Waals surface area contributed by atoms with E-state index in [9.17, 15) is 9.90 Å². The van der Waals surface area contributed by atoms with Crippen LogP contribution >= 0.6 is 0 Å². The van der Waals surface area contributed by atoms with E-state index in [2.05, 4.69) is 28.0 Å². The van der Waals surface area contributed by atoms with E-state index in [1.54, 1.807) is 0 Å². The van der Waals surface area contributed by atoms with Gasteiger partial charge in [-0.2, -0.15) is 0 Å². The molecule has 5 unspecified atom stereocenters. The highest BCUT2D eigenvalue weighted by molar-refractivity contribution is 5.95. The minimum Gasteiger partial charge on any atom is -0.508 e. The summed E-state index contributed by atoms with van der Waals surface area (Å²) in [4.78, 5) is 23.9. The van der Waals surface area contributed by atoms with Crippen LogP contribution in [0.2, 0.25) is 0 Å². The second-order valence-corrected chi connectivity index (χ2v) is 13.3. The lowest BCUT2D eigenvalue weighted by Gasteiger charge is -2.66. The van der Waals surface area contributed by atoms with Crippen LogP contribution < -0.4 is 0 Å². The van der Waals surface area contributed by atoms with E-state index in [-0.39, 0.29) is 22.8 Å². The molecule has 3 aromatic rings. The number of carbonyl (C=O) groups is 1. The molecule has 4 aliphatic carbocycles. The van der Waals surface area contributed by atoms with Crippen molar-refractivity contribution in [3.05, 3.63) is 71.4 Å². The summed E-state index contributed by atoms with van der Waals surface area (Å²) in [6.07, 6.45) is 8.62. The summed E-state index contributed by atoms with van der Waals surface area (Å²) in [6.45, 7) is 3.29. The number of phenols is 1. The van der Waals surface area contributed by atoms with Gasteiger partial charge in [-0.05, 0) is 110 Å². The first-order chi connectivity index (χ1) is 18.6. The van der Waals surface area contributed by atoms with Crippen molar-refractivity contribution in [2.45, 2.75) is 62.4 Å². The minimum absolute atomic E-state index is 0.0729. The zero-order valence-corrected chi connectivity index (χ0v) is 21.9. The van der Waals surface area contributed by atoms with Crippen LogP contribution in [0.25, 0.3) is 10.9 Å². The molecule has 3 heterocycles. The van der Waals surface area contributed by atoms with Crippen molar-refractivity contribution in [2.24, 2.45) is 23.2 Å². The quantitative estimate of drug-likeness (QED) is 0.534. The lowest BCUT2D eigenvalue weighted by molar-refractivity contribution is -0.102. The third kappa shape index (κ3) is 2.66. The van der Waals surface area contributed by atoms with Crippen molar-refractivity contribution in [1.29, 1.82) is 0 Å². The van der Waals surface area contributed by atoms with Gasteiger partial charge in [0.2, 0.25) is 0 Å². The van der Waals surface area contributed by atoms with Crippen LogP contribution in [0.4, 0.5) is 0 Å². The molecule has 38 heavy (non-hydrogen) atoms. The Kier molecular flexibility index (Phi) is 4.26. The molecule has 5 heteroatoms. The number of likely N-dealkylation sites (tertiary alicyclic amines) is 2. The third-order valence-electron chi connectivity index (χ3n) is 11.9. The van der Waals surface area contributed by atoms with Crippen molar-refractivity contribution in [1.82, 2.24) is 14.8 Å². The zero-order chi connectivity index (χ0) is 25.2. The average molecular weight is 506 g/mol. The molecular weight excluding hydrogens is 470 g/mol. The molecule has 3 saturated carbocycles. The molecule has 2 aromatic carbocycles. The molecular formula is C33H35N3O2. The topological polar surface area (TPSA) is 56.7 Å². The largest absolute Gasteiger partial charge is 0.508 e. The summed E-state index contributed by atoms with van der Waals surface area (Å²) >= 11 is 0. The smallest absolute Gasteiger partial charge is 0.272 e. The minimum atomic E-state index is 0.0729. The first kappa shape index (κ1) is 22.0. The van der Waals surface area contributed by atoms with E-state index in [4.69, 9.17) is 4.98 Å². The molecule has 6 aliphatic rings. The molecule has 194 valence electrons. The van der Waals surface area contributed by atoms with Gasteiger partial charge in [-0.3, -0.25) is 9.69 Å². The number of phenolic OH excluding ortho intramolecular Hbond substituents is 1. The molecule has 5 fully saturated rings. The fourth-order valence-corrected chi connectivity index (χ4v) is 10.5. The standard InChI is InChI=1S/C33H35N3O2/c37-24-9-7-22-15-29-32-12-11-28-30(33(32,25(22)16-24)13-14-35(29)18-20-5-6-20)23(17-32)19-36(28)31(38)27-10-8-21-3-1-2-4-26(21)34-27/h1-4,7-10,16,20,23,28-30,37H,5-6,11-15,17-19H2/t23-,28?,29?,30?,32?,33?/m1/s1. The number of piperidine rings is 1. The van der Waals surface area contributed by atoms with Crippen LogP contribution in [0.15, 0.2) is 54.6 Å². The van der Waals surface area contributed by atoms with Crippen molar-refractivity contribution >= 4 is 16.8 Å². The summed E-state index contributed by atoms with van der Waals surface area (Å²) in [5.41, 5.74) is 4.70. The van der Waals surface area contributed by atoms with Gasteiger partial charge >= 0.3 is 0 Å². The van der Waals surface area contributed by atoms with Gasteiger partial charge in [-0.25, -0.2) is 4.98 Å². The number of aromatic nitrogens is 1. The van der Waals surface area contributed by atoms with Crippen LogP contribution in [0, 0.1) is 23.2 Å². The van der Waals surface area contributed by atoms with E-state index in [0.29, 0.717) is 29.3 Å². The Morgan fingerprint density at radius 1 is 1.05 bits per heavy atom. The van der Waals surface area contributed by atoms with Gasteiger partial charge in [0.25, 0.3) is 5.91 Å². The summed E-state index contributed by atoms with van der Waals surface area (Å²) in [5.74, 6) is 2.42. The number of nitrogens with zero attached hydrogens (tertiary/aromatic N) is 3. The lowest BCUT2D eigenvalue weighted by Crippen LogP contribution is -2.69. The number of hydrogen-bond donors (Lipinski definition) is 1. The summed E-state index contributed by atoms with van der Waals surface area (Å²) in [7, 11) is 0. The van der Waals surface area contributed by atoms with Gasteiger partial charge in [-0.1, -0.05) is 30.3 Å². The molecule has 2 aliphatic heterocycles. The number of rotatable bonds is 3. The Morgan fingerprint density at radius 3 is 2.84 bits per heavy atom. The molecule has 5 nitrogen and oxygen atoms in total. The van der Waals surface area contributed by atoms with E-state index in [0.717, 1.165) is 42.8 Å². The van der Waals surface area contributed by atoms with Crippen molar-refractivity contribution in [3.63, 3.8) is 0 Å². The molecule has 1 amide bonds. The predicted octanol–water partition coefficient (Wildman–Crippen LogP) is 5.16. The van der Waals surface area contributed by atoms with Crippen molar-refractivity contribution in [2.75, 3.05) is 19.6 Å². The highest BCUT2D eigenvalue weighted by Crippen LogP contribution is 2.75. The monoisotopic (exact) mass is 505 g/mol. The molecule has 0 spiro atoms. The Hall–Kier alpha value is -2.92. The normalized spacial score (nSPS) is 36.8. The summed E-state index contributed by atoms with van der Waals surface area (Å²) in [5, 5.41) is 11.8. The van der Waals surface area contributed by atoms with Gasteiger partial charge < -0.3 is 10.0 Å². The van der Waals surface area contributed by atoms with Crippen LogP contribution in [0.5, 0.6) is 5.75 Å². The van der Waals surface area contributed by atoms with Gasteiger partial charge in [0.15, 0.2) is 0 Å².